The predicted octanol–water partition coefficient (Wildman–Crippen LogP) is 5.86. The smallest absolute Gasteiger partial charge is 0.320 e. The molecule has 0 N–H and O–H groups in total. The number of para-hydroxylation sites is 1. The molecule has 2 amide bonds. The van der Waals surface area contributed by atoms with Crippen LogP contribution in [-0.2, 0) is 0 Å². The third kappa shape index (κ3) is 4.55. The Morgan fingerprint density at radius 1 is 0.920 bits per heavy atom. The Hall–Kier alpha value is -2.00. The van der Waals surface area contributed by atoms with E-state index in [0.29, 0.717) is 16.9 Å². The van der Waals surface area contributed by atoms with Gasteiger partial charge in [0.25, 0.3) is 0 Å². The van der Waals surface area contributed by atoms with E-state index in [-0.39, 0.29) is 12.1 Å². The third-order valence-corrected chi connectivity index (χ3v) is 5.16. The van der Waals surface area contributed by atoms with Crippen molar-refractivity contribution in [1.82, 2.24) is 4.90 Å². The molecule has 25 heavy (non-hydrogen) atoms. The molecule has 0 aliphatic heterocycles. The van der Waals surface area contributed by atoms with E-state index in [1.54, 1.807) is 4.90 Å². The highest BCUT2D eigenvalue weighted by molar-refractivity contribution is 6.30. The number of rotatable bonds is 5. The van der Waals surface area contributed by atoms with Gasteiger partial charge in [0.1, 0.15) is 0 Å². The van der Waals surface area contributed by atoms with Gasteiger partial charge >= 0.3 is 6.03 Å². The highest BCUT2D eigenvalue weighted by Crippen LogP contribution is 2.34. The van der Waals surface area contributed by atoms with E-state index in [0.717, 1.165) is 11.3 Å². The standard InChI is InChI=1S/C21H27ClN2O/c1-15(2)16(3)20(17-11-13-18(22)14-12-17)24(5)21(25)23(4)19-9-7-6-8-10-19/h6-16,20H,1-5H3/t16-,20-/m0/s1. The number of carbonyl (C=O) groups excluding carboxylic acids is 1. The van der Waals surface area contributed by atoms with Crippen LogP contribution in [0.25, 0.3) is 0 Å². The van der Waals surface area contributed by atoms with E-state index in [4.69, 9.17) is 11.6 Å². The highest BCUT2D eigenvalue weighted by Gasteiger charge is 2.30. The Bertz CT molecular complexity index is 685. The molecular formula is C21H27ClN2O. The van der Waals surface area contributed by atoms with Gasteiger partial charge in [0.05, 0.1) is 6.04 Å². The summed E-state index contributed by atoms with van der Waals surface area (Å²) in [5.41, 5.74) is 1.98. The van der Waals surface area contributed by atoms with Gasteiger partial charge in [-0.15, -0.1) is 0 Å². The SMILES string of the molecule is CC(C)[C@H](C)[C@@H](c1ccc(Cl)cc1)N(C)C(=O)N(C)c1ccccc1. The van der Waals surface area contributed by atoms with Crippen molar-refractivity contribution in [3.63, 3.8) is 0 Å². The van der Waals surface area contributed by atoms with Crippen LogP contribution in [-0.4, -0.2) is 25.0 Å². The minimum atomic E-state index is -0.0290. The molecule has 0 spiro atoms. The summed E-state index contributed by atoms with van der Waals surface area (Å²) in [4.78, 5) is 16.6. The van der Waals surface area contributed by atoms with Crippen molar-refractivity contribution in [2.75, 3.05) is 19.0 Å². The molecule has 2 rings (SSSR count). The second-order valence-corrected chi connectivity index (χ2v) is 7.32. The maximum Gasteiger partial charge on any atom is 0.324 e. The maximum absolute atomic E-state index is 13.1. The first-order valence-corrected chi connectivity index (χ1v) is 9.01. The monoisotopic (exact) mass is 358 g/mol. The minimum Gasteiger partial charge on any atom is -0.320 e. The molecular weight excluding hydrogens is 332 g/mol. The van der Waals surface area contributed by atoms with Crippen LogP contribution in [0.4, 0.5) is 10.5 Å². The molecule has 0 heterocycles. The molecule has 2 aromatic rings. The van der Waals surface area contributed by atoms with Crippen molar-refractivity contribution >= 4 is 23.3 Å². The number of nitrogens with zero attached hydrogens (tertiary/aromatic N) is 2. The number of benzene rings is 2. The Kier molecular flexibility index (Phi) is 6.49. The van der Waals surface area contributed by atoms with Crippen molar-refractivity contribution in [3.05, 3.63) is 65.2 Å². The van der Waals surface area contributed by atoms with Crippen LogP contribution >= 0.6 is 11.6 Å². The molecule has 0 bridgehead atoms. The van der Waals surface area contributed by atoms with E-state index < -0.39 is 0 Å². The third-order valence-electron chi connectivity index (χ3n) is 4.91. The van der Waals surface area contributed by atoms with E-state index in [1.807, 2.05) is 73.6 Å². The van der Waals surface area contributed by atoms with Crippen molar-refractivity contribution in [2.24, 2.45) is 11.8 Å². The van der Waals surface area contributed by atoms with Crippen LogP contribution in [0.2, 0.25) is 5.02 Å². The number of hydrogen-bond donors (Lipinski definition) is 0. The van der Waals surface area contributed by atoms with Gasteiger partial charge in [-0.1, -0.05) is 62.7 Å². The van der Waals surface area contributed by atoms with E-state index in [1.165, 1.54) is 0 Å². The summed E-state index contributed by atoms with van der Waals surface area (Å²) in [6.45, 7) is 6.57. The first kappa shape index (κ1) is 19.3. The van der Waals surface area contributed by atoms with Crippen LogP contribution in [0.15, 0.2) is 54.6 Å². The molecule has 0 fully saturated rings. The molecule has 0 saturated heterocycles. The fourth-order valence-electron chi connectivity index (χ4n) is 3.02. The topological polar surface area (TPSA) is 23.6 Å². The van der Waals surface area contributed by atoms with Crippen molar-refractivity contribution in [1.29, 1.82) is 0 Å². The second-order valence-electron chi connectivity index (χ2n) is 6.89. The molecule has 2 atom stereocenters. The zero-order valence-corrected chi connectivity index (χ0v) is 16.4. The second kappa shape index (κ2) is 8.39. The molecule has 2 aromatic carbocycles. The maximum atomic E-state index is 13.1. The van der Waals surface area contributed by atoms with E-state index in [9.17, 15) is 4.79 Å². The first-order valence-electron chi connectivity index (χ1n) is 8.64. The van der Waals surface area contributed by atoms with Crippen LogP contribution < -0.4 is 4.90 Å². The summed E-state index contributed by atoms with van der Waals surface area (Å²) >= 11 is 6.04. The number of hydrogen-bond acceptors (Lipinski definition) is 1. The minimum absolute atomic E-state index is 0.0177. The van der Waals surface area contributed by atoms with E-state index in [2.05, 4.69) is 20.8 Å². The number of urea groups is 1. The average molecular weight is 359 g/mol. The zero-order chi connectivity index (χ0) is 18.6. The Morgan fingerprint density at radius 2 is 1.48 bits per heavy atom. The van der Waals surface area contributed by atoms with Crippen LogP contribution in [0.5, 0.6) is 0 Å². The van der Waals surface area contributed by atoms with Gasteiger partial charge in [0.15, 0.2) is 0 Å². The van der Waals surface area contributed by atoms with Crippen molar-refractivity contribution in [2.45, 2.75) is 26.8 Å². The lowest BCUT2D eigenvalue weighted by Crippen LogP contribution is -2.43. The van der Waals surface area contributed by atoms with Crippen LogP contribution in [0.3, 0.4) is 0 Å². The molecule has 0 radical (unpaired) electrons. The molecule has 0 aliphatic carbocycles. The highest BCUT2D eigenvalue weighted by atomic mass is 35.5. The lowest BCUT2D eigenvalue weighted by molar-refractivity contribution is 0.160. The lowest BCUT2D eigenvalue weighted by atomic mass is 9.85. The normalized spacial score (nSPS) is 13.4. The van der Waals surface area contributed by atoms with Gasteiger partial charge in [-0.3, -0.25) is 4.90 Å². The Morgan fingerprint density at radius 3 is 2.00 bits per heavy atom. The zero-order valence-electron chi connectivity index (χ0n) is 15.6. The van der Waals surface area contributed by atoms with Crippen LogP contribution in [0, 0.1) is 11.8 Å². The number of amides is 2. The van der Waals surface area contributed by atoms with Gasteiger partial charge in [0.2, 0.25) is 0 Å². The molecule has 0 saturated carbocycles. The van der Waals surface area contributed by atoms with Gasteiger partial charge < -0.3 is 4.90 Å². The Labute approximate surface area is 156 Å². The number of anilines is 1. The molecule has 4 heteroatoms. The lowest BCUT2D eigenvalue weighted by Gasteiger charge is -2.37. The molecule has 0 unspecified atom stereocenters. The molecule has 134 valence electrons. The summed E-state index contributed by atoms with van der Waals surface area (Å²) in [6.07, 6.45) is 0. The largest absolute Gasteiger partial charge is 0.324 e. The molecule has 0 aliphatic rings. The number of halogens is 1. The fraction of sp³-hybridized carbons (Fsp3) is 0.381. The van der Waals surface area contributed by atoms with Gasteiger partial charge in [-0.25, -0.2) is 4.79 Å². The summed E-state index contributed by atoms with van der Waals surface area (Å²) in [5.74, 6) is 0.747. The summed E-state index contributed by atoms with van der Waals surface area (Å²) < 4.78 is 0. The van der Waals surface area contributed by atoms with Gasteiger partial charge in [-0.2, -0.15) is 0 Å². The average Bonchev–Trinajstić information content (AvgIpc) is 2.62. The van der Waals surface area contributed by atoms with Crippen LogP contribution in [0.1, 0.15) is 32.4 Å². The predicted molar refractivity (Wildman–Crippen MR) is 106 cm³/mol. The summed E-state index contributed by atoms with van der Waals surface area (Å²) in [5, 5.41) is 0.704. The van der Waals surface area contributed by atoms with Crippen molar-refractivity contribution in [3.8, 4) is 0 Å². The van der Waals surface area contributed by atoms with Crippen molar-refractivity contribution < 1.29 is 4.79 Å². The molecule has 0 aromatic heterocycles. The van der Waals surface area contributed by atoms with Gasteiger partial charge in [-0.05, 0) is 41.7 Å². The van der Waals surface area contributed by atoms with E-state index >= 15 is 0 Å². The first-order chi connectivity index (χ1) is 11.8. The molecule has 3 nitrogen and oxygen atoms in total. The summed E-state index contributed by atoms with van der Waals surface area (Å²) in [7, 11) is 3.69. The van der Waals surface area contributed by atoms with Gasteiger partial charge in [0, 0.05) is 24.8 Å². The number of carbonyl (C=O) groups is 1. The fourth-order valence-corrected chi connectivity index (χ4v) is 3.15. The quantitative estimate of drug-likeness (QED) is 0.656. The Balaban J connectivity index is 2.32. The summed E-state index contributed by atoms with van der Waals surface area (Å²) in [6, 6.07) is 17.4.